The van der Waals surface area contributed by atoms with Gasteiger partial charge in [0.2, 0.25) is 0 Å². The maximum Gasteiger partial charge on any atom is 0.405 e. The maximum atomic E-state index is 12.1. The van der Waals surface area contributed by atoms with Crippen molar-refractivity contribution >= 4 is 11.7 Å². The van der Waals surface area contributed by atoms with Gasteiger partial charge in [0.1, 0.15) is 12.3 Å². The van der Waals surface area contributed by atoms with Crippen LogP contribution in [0.1, 0.15) is 20.8 Å². The van der Waals surface area contributed by atoms with E-state index >= 15 is 0 Å². The van der Waals surface area contributed by atoms with Gasteiger partial charge in [-0.1, -0.05) is 26.8 Å². The lowest BCUT2D eigenvalue weighted by atomic mass is 9.86. The first-order valence-electron chi connectivity index (χ1n) is 7.50. The van der Waals surface area contributed by atoms with Gasteiger partial charge in [-0.3, -0.25) is 0 Å². The lowest BCUT2D eigenvalue weighted by Gasteiger charge is -2.32. The molecule has 24 heavy (non-hydrogen) atoms. The summed E-state index contributed by atoms with van der Waals surface area (Å²) in [5.41, 5.74) is 0.562. The van der Waals surface area contributed by atoms with Crippen LogP contribution in [0.4, 0.5) is 23.7 Å². The molecule has 0 spiro atoms. The zero-order valence-corrected chi connectivity index (χ0v) is 14.3. The minimum absolute atomic E-state index is 0.171. The monoisotopic (exact) mass is 347 g/mol. The fourth-order valence-electron chi connectivity index (χ4n) is 1.93. The Labute approximate surface area is 140 Å². The van der Waals surface area contributed by atoms with Gasteiger partial charge in [-0.05, 0) is 17.5 Å². The van der Waals surface area contributed by atoms with Gasteiger partial charge in [-0.25, -0.2) is 4.79 Å². The molecule has 0 aliphatic carbocycles. The average Bonchev–Trinajstić information content (AvgIpc) is 2.47. The lowest BCUT2D eigenvalue weighted by Crippen LogP contribution is -2.48. The van der Waals surface area contributed by atoms with Crippen molar-refractivity contribution in [1.82, 2.24) is 10.6 Å². The van der Waals surface area contributed by atoms with Crippen LogP contribution in [0.25, 0.3) is 0 Å². The largest absolute Gasteiger partial charge is 0.497 e. The maximum absolute atomic E-state index is 12.1. The van der Waals surface area contributed by atoms with Gasteiger partial charge >= 0.3 is 12.2 Å². The summed E-state index contributed by atoms with van der Waals surface area (Å²) >= 11 is 0. The summed E-state index contributed by atoms with van der Waals surface area (Å²) < 4.78 is 41.4. The summed E-state index contributed by atoms with van der Waals surface area (Å²) in [5, 5.41) is 7.53. The van der Waals surface area contributed by atoms with Crippen LogP contribution >= 0.6 is 0 Å². The van der Waals surface area contributed by atoms with Crippen LogP contribution in [0, 0.1) is 5.41 Å². The minimum Gasteiger partial charge on any atom is -0.497 e. The van der Waals surface area contributed by atoms with Gasteiger partial charge in [-0.15, -0.1) is 0 Å². The molecule has 0 unspecified atom stereocenters. The standard InChI is InChI=1S/C16H24F3N3O2/c1-15(2,3)13(9-20-14(23)21-10-16(17,18)19)22-11-6-5-7-12(8-11)24-4/h5-8,13,22H,9-10H2,1-4H3,(H2,20,21,23)/t13-/m0/s1. The summed E-state index contributed by atoms with van der Waals surface area (Å²) in [4.78, 5) is 11.5. The van der Waals surface area contributed by atoms with Gasteiger partial charge < -0.3 is 20.7 Å². The minimum atomic E-state index is -4.43. The van der Waals surface area contributed by atoms with E-state index in [1.807, 2.05) is 39.0 Å². The van der Waals surface area contributed by atoms with Crippen LogP contribution < -0.4 is 20.7 Å². The number of hydrogen-bond donors (Lipinski definition) is 3. The first-order chi connectivity index (χ1) is 11.0. The number of methoxy groups -OCH3 is 1. The quantitative estimate of drug-likeness (QED) is 0.739. The van der Waals surface area contributed by atoms with Crippen molar-refractivity contribution in [3.8, 4) is 5.75 Å². The molecule has 0 aromatic heterocycles. The topological polar surface area (TPSA) is 62.4 Å². The first-order valence-corrected chi connectivity index (χ1v) is 7.50. The SMILES string of the molecule is COc1cccc(N[C@@H](CNC(=O)NCC(F)(F)F)C(C)(C)C)c1. The van der Waals surface area contributed by atoms with E-state index in [-0.39, 0.29) is 18.0 Å². The fourth-order valence-corrected chi connectivity index (χ4v) is 1.93. The number of carbonyl (C=O) groups is 1. The van der Waals surface area contributed by atoms with E-state index in [2.05, 4.69) is 10.6 Å². The number of rotatable bonds is 6. The van der Waals surface area contributed by atoms with Gasteiger partial charge in [0, 0.05) is 24.3 Å². The Bertz CT molecular complexity index is 542. The van der Waals surface area contributed by atoms with E-state index < -0.39 is 18.8 Å². The van der Waals surface area contributed by atoms with E-state index in [0.717, 1.165) is 5.69 Å². The molecular formula is C16H24F3N3O2. The predicted molar refractivity (Wildman–Crippen MR) is 87.3 cm³/mol. The molecule has 2 amide bonds. The highest BCUT2D eigenvalue weighted by atomic mass is 19.4. The van der Waals surface area contributed by atoms with Crippen molar-refractivity contribution in [2.75, 3.05) is 25.5 Å². The van der Waals surface area contributed by atoms with Crippen molar-refractivity contribution in [2.45, 2.75) is 33.0 Å². The number of halogens is 3. The highest BCUT2D eigenvalue weighted by molar-refractivity contribution is 5.74. The number of benzene rings is 1. The molecule has 0 aliphatic heterocycles. The van der Waals surface area contributed by atoms with Crippen LogP contribution in [-0.4, -0.2) is 38.4 Å². The molecule has 0 heterocycles. The number of urea groups is 1. The molecule has 0 bridgehead atoms. The third-order valence-corrected chi connectivity index (χ3v) is 3.37. The van der Waals surface area contributed by atoms with Crippen LogP contribution in [-0.2, 0) is 0 Å². The normalized spacial score (nSPS) is 13.1. The summed E-state index contributed by atoms with van der Waals surface area (Å²) in [6.45, 7) is 4.73. The van der Waals surface area contributed by atoms with Gasteiger partial charge in [0.05, 0.1) is 7.11 Å². The molecule has 0 aliphatic rings. The van der Waals surface area contributed by atoms with Gasteiger partial charge in [0.25, 0.3) is 0 Å². The van der Waals surface area contributed by atoms with Crippen molar-refractivity contribution in [2.24, 2.45) is 5.41 Å². The van der Waals surface area contributed by atoms with Crippen molar-refractivity contribution in [3.63, 3.8) is 0 Å². The van der Waals surface area contributed by atoms with Crippen molar-refractivity contribution in [3.05, 3.63) is 24.3 Å². The molecule has 0 saturated carbocycles. The zero-order chi connectivity index (χ0) is 18.4. The molecule has 8 heteroatoms. The second-order valence-electron chi connectivity index (χ2n) is 6.47. The molecule has 1 aromatic rings. The van der Waals surface area contributed by atoms with Crippen molar-refractivity contribution < 1.29 is 22.7 Å². The first kappa shape index (κ1) is 19.9. The van der Waals surface area contributed by atoms with Crippen LogP contribution in [0.15, 0.2) is 24.3 Å². The van der Waals surface area contributed by atoms with E-state index in [4.69, 9.17) is 4.74 Å². The second kappa shape index (κ2) is 8.12. The molecule has 1 aromatic carbocycles. The highest BCUT2D eigenvalue weighted by Crippen LogP contribution is 2.25. The molecule has 1 atom stereocenters. The Morgan fingerprint density at radius 2 is 1.88 bits per heavy atom. The number of carbonyl (C=O) groups excluding carboxylic acids is 1. The number of anilines is 1. The lowest BCUT2D eigenvalue weighted by molar-refractivity contribution is -0.122. The van der Waals surface area contributed by atoms with E-state index in [1.165, 1.54) is 0 Å². The molecule has 5 nitrogen and oxygen atoms in total. The average molecular weight is 347 g/mol. The molecule has 0 fully saturated rings. The Hall–Kier alpha value is -2.12. The molecule has 0 saturated heterocycles. The van der Waals surface area contributed by atoms with E-state index in [1.54, 1.807) is 18.5 Å². The second-order valence-corrected chi connectivity index (χ2v) is 6.47. The number of nitrogens with one attached hydrogen (secondary N) is 3. The summed E-state index contributed by atoms with van der Waals surface area (Å²) in [6, 6.07) is 6.24. The molecule has 136 valence electrons. The smallest absolute Gasteiger partial charge is 0.405 e. The van der Waals surface area contributed by atoms with Gasteiger partial charge in [-0.2, -0.15) is 13.2 Å². The van der Waals surface area contributed by atoms with Crippen molar-refractivity contribution in [1.29, 1.82) is 0 Å². The van der Waals surface area contributed by atoms with E-state index in [0.29, 0.717) is 5.75 Å². The Balaban J connectivity index is 2.65. The Kier molecular flexibility index (Phi) is 6.74. The zero-order valence-electron chi connectivity index (χ0n) is 14.3. The Morgan fingerprint density at radius 1 is 1.21 bits per heavy atom. The van der Waals surface area contributed by atoms with Crippen LogP contribution in [0.5, 0.6) is 5.75 Å². The summed E-state index contributed by atoms with van der Waals surface area (Å²) in [7, 11) is 1.56. The molecule has 0 radical (unpaired) electrons. The van der Waals surface area contributed by atoms with Crippen LogP contribution in [0.3, 0.4) is 0 Å². The van der Waals surface area contributed by atoms with Crippen LogP contribution in [0.2, 0.25) is 0 Å². The number of hydrogen-bond acceptors (Lipinski definition) is 3. The number of ether oxygens (including phenoxy) is 1. The number of amides is 2. The highest BCUT2D eigenvalue weighted by Gasteiger charge is 2.29. The summed E-state index contributed by atoms with van der Waals surface area (Å²) in [6.07, 6.45) is -4.43. The molecule has 3 N–H and O–H groups in total. The fraction of sp³-hybridized carbons (Fsp3) is 0.562. The molecule has 1 rings (SSSR count). The third kappa shape index (κ3) is 7.43. The van der Waals surface area contributed by atoms with E-state index in [9.17, 15) is 18.0 Å². The molecular weight excluding hydrogens is 323 g/mol. The third-order valence-electron chi connectivity index (χ3n) is 3.37. The predicted octanol–water partition coefficient (Wildman–Crippen LogP) is 3.38. The van der Waals surface area contributed by atoms with Gasteiger partial charge in [0.15, 0.2) is 0 Å². The summed E-state index contributed by atoms with van der Waals surface area (Å²) in [5.74, 6) is 0.684. The Morgan fingerprint density at radius 3 is 2.42 bits per heavy atom. The number of alkyl halides is 3.